The number of halogens is 1. The van der Waals surface area contributed by atoms with E-state index in [2.05, 4.69) is 58.2 Å². The zero-order valence-corrected chi connectivity index (χ0v) is 53.8. The smallest absolute Gasteiger partial charge is 0.246 e. The monoisotopic (exact) mass is 1240 g/mol. The molecule has 492 valence electrons. The average molecular weight is 1250 g/mol. The highest BCUT2D eigenvalue weighted by Crippen LogP contribution is 2.34. The van der Waals surface area contributed by atoms with Crippen LogP contribution in [-0.2, 0) is 52.7 Å². The van der Waals surface area contributed by atoms with Crippen LogP contribution in [0, 0.1) is 23.7 Å². The number of carbonyl (C=O) groups excluding carboxylic acids is 11. The van der Waals surface area contributed by atoms with Crippen molar-refractivity contribution in [2.45, 2.75) is 181 Å². The molecule has 7 unspecified atom stereocenters. The van der Waals surface area contributed by atoms with Crippen molar-refractivity contribution in [2.24, 2.45) is 35.1 Å². The number of amides is 11. The van der Waals surface area contributed by atoms with Gasteiger partial charge in [0.25, 0.3) is 0 Å². The van der Waals surface area contributed by atoms with Crippen LogP contribution in [0.3, 0.4) is 0 Å². The molecule has 11 amide bonds. The predicted molar refractivity (Wildman–Crippen MR) is 338 cm³/mol. The van der Waals surface area contributed by atoms with Gasteiger partial charge in [-0.2, -0.15) is 0 Å². The van der Waals surface area contributed by atoms with E-state index in [1.165, 1.54) is 0 Å². The van der Waals surface area contributed by atoms with Gasteiger partial charge in [0, 0.05) is 125 Å². The minimum atomic E-state index is -0.685. The number of hydrogen-bond acceptors (Lipinski definition) is 13. The summed E-state index contributed by atoms with van der Waals surface area (Å²) in [5.41, 5.74) is 11.5. The number of nitrogens with one attached hydrogen (secondary N) is 6. The second-order valence-electron chi connectivity index (χ2n) is 22.7. The van der Waals surface area contributed by atoms with E-state index in [-0.39, 0.29) is 115 Å². The summed E-state index contributed by atoms with van der Waals surface area (Å²) in [5, 5.41) is 16.3. The molecule has 0 radical (unpaired) electrons. The van der Waals surface area contributed by atoms with Crippen LogP contribution in [0.15, 0.2) is 50.2 Å². The zero-order chi connectivity index (χ0) is 64.3. The third-order valence-electron chi connectivity index (χ3n) is 16.4. The first-order chi connectivity index (χ1) is 41.0. The summed E-state index contributed by atoms with van der Waals surface area (Å²) in [4.78, 5) is 145. The highest BCUT2D eigenvalue weighted by Gasteiger charge is 2.41. The van der Waals surface area contributed by atoms with Gasteiger partial charge >= 0.3 is 0 Å². The van der Waals surface area contributed by atoms with Crippen LogP contribution in [0.4, 0.5) is 0 Å². The molecule has 5 rings (SSSR count). The van der Waals surface area contributed by atoms with Crippen LogP contribution in [0.25, 0.3) is 0 Å². The van der Waals surface area contributed by atoms with Gasteiger partial charge in [-0.25, -0.2) is 0 Å². The van der Waals surface area contributed by atoms with Crippen molar-refractivity contribution in [3.05, 3.63) is 50.2 Å². The number of likely N-dealkylation sites (tertiary alicyclic amines) is 5. The second kappa shape index (κ2) is 43.1. The summed E-state index contributed by atoms with van der Waals surface area (Å²) in [5.74, 6) is -3.24. The Hall–Kier alpha value is -6.66. The Morgan fingerprint density at radius 2 is 0.885 bits per heavy atom. The highest BCUT2D eigenvalue weighted by atomic mass is 35.5. The molecule has 10 N–H and O–H groups in total. The van der Waals surface area contributed by atoms with Gasteiger partial charge in [-0.3, -0.25) is 52.7 Å². The minimum Gasteiger partial charge on any atom is -0.356 e. The molecule has 0 bridgehead atoms. The Kier molecular flexibility index (Phi) is 38.8. The first-order valence-corrected chi connectivity index (χ1v) is 31.1. The molecule has 0 saturated carbocycles. The molecule has 0 aromatic rings. The van der Waals surface area contributed by atoms with Crippen molar-refractivity contribution in [1.82, 2.24) is 56.4 Å². The average Bonchev–Trinajstić information content (AvgIpc) is 3.34. The molecule has 5 fully saturated rings. The van der Waals surface area contributed by atoms with E-state index in [4.69, 9.17) is 11.5 Å². The van der Waals surface area contributed by atoms with Crippen LogP contribution in [0.2, 0.25) is 0 Å². The van der Waals surface area contributed by atoms with Gasteiger partial charge in [0.05, 0.1) is 13.3 Å². The van der Waals surface area contributed by atoms with Crippen LogP contribution in [0.1, 0.15) is 157 Å². The van der Waals surface area contributed by atoms with Crippen LogP contribution in [-0.4, -0.2) is 186 Å². The van der Waals surface area contributed by atoms with Gasteiger partial charge in [0.2, 0.25) is 65.0 Å². The summed E-state index contributed by atoms with van der Waals surface area (Å²) in [6.07, 6.45) is 15.0. The lowest BCUT2D eigenvalue weighted by Gasteiger charge is -2.37. The van der Waals surface area contributed by atoms with Crippen LogP contribution >= 0.6 is 12.4 Å². The number of nitrogens with two attached hydrogens (primary N) is 2. The van der Waals surface area contributed by atoms with E-state index < -0.39 is 23.7 Å². The molecule has 24 nitrogen and oxygen atoms in total. The lowest BCUT2D eigenvalue weighted by Crippen LogP contribution is -2.50. The van der Waals surface area contributed by atoms with Crippen LogP contribution < -0.4 is 43.4 Å². The van der Waals surface area contributed by atoms with Crippen molar-refractivity contribution in [1.29, 1.82) is 0 Å². The molecule has 5 heterocycles. The Morgan fingerprint density at radius 1 is 0.517 bits per heavy atom. The van der Waals surface area contributed by atoms with E-state index in [1.807, 2.05) is 54.2 Å². The summed E-state index contributed by atoms with van der Waals surface area (Å²) >= 11 is 0. The fraction of sp³-hybridized carbons (Fsp3) is 0.694. The lowest BCUT2D eigenvalue weighted by molar-refractivity contribution is -0.137. The zero-order valence-electron chi connectivity index (χ0n) is 53.0. The second-order valence-corrected chi connectivity index (χ2v) is 22.7. The minimum absolute atomic E-state index is 0. The maximum atomic E-state index is 14.4. The van der Waals surface area contributed by atoms with Crippen molar-refractivity contribution in [3.63, 3.8) is 0 Å². The van der Waals surface area contributed by atoms with E-state index >= 15 is 0 Å². The van der Waals surface area contributed by atoms with Crippen molar-refractivity contribution in [3.8, 4) is 0 Å². The fourth-order valence-electron chi connectivity index (χ4n) is 11.4. The van der Waals surface area contributed by atoms with E-state index in [9.17, 15) is 52.7 Å². The van der Waals surface area contributed by atoms with Gasteiger partial charge in [0.15, 0.2) is 0 Å². The molecule has 0 aromatic carbocycles. The largest absolute Gasteiger partial charge is 0.356 e. The van der Waals surface area contributed by atoms with Gasteiger partial charge in [-0.1, -0.05) is 47.1 Å². The Labute approximate surface area is 523 Å². The van der Waals surface area contributed by atoms with Crippen LogP contribution in [0.5, 0.6) is 0 Å². The van der Waals surface area contributed by atoms with Gasteiger partial charge in [0.1, 0.15) is 0 Å². The third-order valence-corrected chi connectivity index (χ3v) is 16.4. The standard InChI is InChI=1S/C42H72N8O7.C7H10N2O2.C7H14N2O.C6H9NO.ClH/c1-6-32(49-21-10-15-38(49)53)25-34(41(56)44-18-12-17-43)30(5)35(26-33(7-2)50-22-11-16-39(50)54)42(57)46-27-45-40(55)31(23-28(3)47-19-8-13-36(47)51)24-29(4)48-20-9-14-37(48)52;1-3-6(10)8-5-9-7(11)4-2;1-6(2)7(10)9-5-3-4-8;1-2-7-5-3-4-6(7)8;/h28-35H,6-27,43H2,1-5H3,(H,44,56)(H,45,55)(H,46,57);3-4H,1-2,5H2,(H,8,10)(H,9,11);1,3-5,8H2,2H3,(H,9,10);2H,1,3-5H2;1H. The molecule has 5 aliphatic rings. The number of hydrogen-bond donors (Lipinski definition) is 8. The molecule has 5 saturated heterocycles. The molecule has 25 heteroatoms. The van der Waals surface area contributed by atoms with E-state index in [0.717, 1.165) is 57.2 Å². The Morgan fingerprint density at radius 3 is 1.22 bits per heavy atom. The molecule has 5 aliphatic heterocycles. The first-order valence-electron chi connectivity index (χ1n) is 31.1. The van der Waals surface area contributed by atoms with E-state index in [0.29, 0.717) is 135 Å². The van der Waals surface area contributed by atoms with Crippen molar-refractivity contribution < 1.29 is 52.7 Å². The summed E-state index contributed by atoms with van der Waals surface area (Å²) in [6, 6.07) is -0.685. The molecule has 87 heavy (non-hydrogen) atoms. The summed E-state index contributed by atoms with van der Waals surface area (Å²) in [6.45, 7) is 30.5. The number of nitrogens with zero attached hydrogens (tertiary/aromatic N) is 5. The summed E-state index contributed by atoms with van der Waals surface area (Å²) in [7, 11) is 0. The van der Waals surface area contributed by atoms with Gasteiger partial charge < -0.3 is 67.9 Å². The van der Waals surface area contributed by atoms with Crippen molar-refractivity contribution >= 4 is 77.4 Å². The molecule has 0 aliphatic carbocycles. The number of carbonyl (C=O) groups is 11. The van der Waals surface area contributed by atoms with Gasteiger partial charge in [-0.15, -0.1) is 12.4 Å². The number of rotatable bonds is 33. The Balaban J connectivity index is 0.00000102. The first kappa shape index (κ1) is 78.4. The highest BCUT2D eigenvalue weighted by molar-refractivity contribution is 5.92. The molecule has 7 atom stereocenters. The predicted octanol–water partition coefficient (Wildman–Crippen LogP) is 3.26. The third kappa shape index (κ3) is 27.5. The van der Waals surface area contributed by atoms with Gasteiger partial charge in [-0.05, 0) is 142 Å². The maximum Gasteiger partial charge on any atom is 0.246 e. The maximum absolute atomic E-state index is 14.4. The van der Waals surface area contributed by atoms with E-state index in [1.54, 1.807) is 18.0 Å². The lowest BCUT2D eigenvalue weighted by atomic mass is 9.75. The fourth-order valence-corrected chi connectivity index (χ4v) is 11.4. The Bertz CT molecular complexity index is 2250. The SMILES string of the molecule is C=C(C)C(=O)NCCCN.C=CC(=O)NCNC(=O)C=C.C=CN1CCCC1=O.CCC(CC(C(=O)NCCCN)C(C)C(CC(CC)N1CCCC1=O)C(=O)NCNC(=O)C(CC(C)N1CCCC1=O)CC(C)N1CCCC1=O)N1CCCC1=O.Cl. The quantitative estimate of drug-likeness (QED) is 0.0266. The normalized spacial score (nSPS) is 18.1. The van der Waals surface area contributed by atoms with Crippen molar-refractivity contribution in [2.75, 3.05) is 72.2 Å². The molecular weight excluding hydrogens is 1140 g/mol. The topological polar surface area (TPSA) is 328 Å². The molecule has 0 spiro atoms. The molecular formula is C62H106ClN13O11. The summed E-state index contributed by atoms with van der Waals surface area (Å²) < 4.78 is 0. The molecule has 0 aromatic heterocycles.